The maximum atomic E-state index is 13.0. The van der Waals surface area contributed by atoms with Gasteiger partial charge in [0, 0.05) is 17.7 Å². The SMILES string of the molecule is CC1CCN(CCc2conc2-c2ccc(F)cc2)CC1.Cl. The van der Waals surface area contributed by atoms with E-state index in [4.69, 9.17) is 4.52 Å². The molecular weight excluding hydrogens is 303 g/mol. The van der Waals surface area contributed by atoms with Gasteiger partial charge in [0.25, 0.3) is 0 Å². The van der Waals surface area contributed by atoms with Gasteiger partial charge in [-0.2, -0.15) is 0 Å². The summed E-state index contributed by atoms with van der Waals surface area (Å²) < 4.78 is 18.1. The van der Waals surface area contributed by atoms with Crippen molar-refractivity contribution in [3.05, 3.63) is 41.9 Å². The monoisotopic (exact) mass is 324 g/mol. The Hall–Kier alpha value is -1.39. The maximum Gasteiger partial charge on any atom is 0.127 e. The van der Waals surface area contributed by atoms with Gasteiger partial charge in [-0.05, 0) is 62.5 Å². The van der Waals surface area contributed by atoms with Crippen LogP contribution in [0.25, 0.3) is 11.3 Å². The molecule has 0 spiro atoms. The summed E-state index contributed by atoms with van der Waals surface area (Å²) in [5.74, 6) is 0.623. The van der Waals surface area contributed by atoms with Crippen LogP contribution in [0.5, 0.6) is 0 Å². The number of nitrogens with zero attached hydrogens (tertiary/aromatic N) is 2. The Balaban J connectivity index is 0.00000176. The van der Waals surface area contributed by atoms with Crippen molar-refractivity contribution in [1.82, 2.24) is 10.1 Å². The van der Waals surface area contributed by atoms with Crippen molar-refractivity contribution >= 4 is 12.4 Å². The van der Waals surface area contributed by atoms with E-state index >= 15 is 0 Å². The van der Waals surface area contributed by atoms with Crippen LogP contribution in [-0.4, -0.2) is 29.7 Å². The van der Waals surface area contributed by atoms with Gasteiger partial charge in [-0.1, -0.05) is 12.1 Å². The average Bonchev–Trinajstić information content (AvgIpc) is 2.96. The highest BCUT2D eigenvalue weighted by molar-refractivity contribution is 5.85. The molecule has 0 amide bonds. The van der Waals surface area contributed by atoms with Gasteiger partial charge in [-0.15, -0.1) is 12.4 Å². The predicted octanol–water partition coefficient (Wildman–Crippen LogP) is 4.18. The van der Waals surface area contributed by atoms with Crippen LogP contribution in [0.4, 0.5) is 4.39 Å². The molecule has 0 bridgehead atoms. The van der Waals surface area contributed by atoms with Crippen LogP contribution >= 0.6 is 12.4 Å². The molecule has 120 valence electrons. The Kier molecular flexibility index (Phi) is 5.98. The molecule has 0 radical (unpaired) electrons. The van der Waals surface area contributed by atoms with E-state index in [0.717, 1.165) is 35.7 Å². The molecule has 0 saturated carbocycles. The van der Waals surface area contributed by atoms with E-state index in [1.165, 1.54) is 38.1 Å². The minimum atomic E-state index is -0.230. The van der Waals surface area contributed by atoms with Crippen LogP contribution in [-0.2, 0) is 6.42 Å². The molecule has 1 fully saturated rings. The Bertz CT molecular complexity index is 577. The van der Waals surface area contributed by atoms with Crippen LogP contribution in [0.2, 0.25) is 0 Å². The lowest BCUT2D eigenvalue weighted by atomic mass is 9.98. The van der Waals surface area contributed by atoms with Crippen LogP contribution < -0.4 is 0 Å². The number of rotatable bonds is 4. The summed E-state index contributed by atoms with van der Waals surface area (Å²) in [5.41, 5.74) is 2.84. The molecular formula is C17H22ClFN2O. The second-order valence-electron chi connectivity index (χ2n) is 5.97. The molecule has 3 nitrogen and oxygen atoms in total. The molecule has 2 aromatic rings. The quantitative estimate of drug-likeness (QED) is 0.845. The van der Waals surface area contributed by atoms with E-state index < -0.39 is 0 Å². The normalized spacial score (nSPS) is 16.5. The molecule has 0 atom stereocenters. The van der Waals surface area contributed by atoms with Crippen molar-refractivity contribution in [2.75, 3.05) is 19.6 Å². The zero-order valence-corrected chi connectivity index (χ0v) is 13.6. The summed E-state index contributed by atoms with van der Waals surface area (Å²) in [6, 6.07) is 6.41. The molecule has 1 saturated heterocycles. The molecule has 22 heavy (non-hydrogen) atoms. The largest absolute Gasteiger partial charge is 0.364 e. The lowest BCUT2D eigenvalue weighted by Crippen LogP contribution is -2.34. The first-order chi connectivity index (χ1) is 10.2. The van der Waals surface area contributed by atoms with Crippen molar-refractivity contribution in [1.29, 1.82) is 0 Å². The molecule has 3 rings (SSSR count). The highest BCUT2D eigenvalue weighted by Crippen LogP contribution is 2.23. The lowest BCUT2D eigenvalue weighted by Gasteiger charge is -2.29. The zero-order chi connectivity index (χ0) is 14.7. The number of benzene rings is 1. The summed E-state index contributed by atoms with van der Waals surface area (Å²) in [7, 11) is 0. The average molecular weight is 325 g/mol. The summed E-state index contributed by atoms with van der Waals surface area (Å²) >= 11 is 0. The van der Waals surface area contributed by atoms with E-state index in [1.54, 1.807) is 18.4 Å². The van der Waals surface area contributed by atoms with Gasteiger partial charge < -0.3 is 9.42 Å². The first-order valence-electron chi connectivity index (χ1n) is 7.64. The van der Waals surface area contributed by atoms with E-state index in [2.05, 4.69) is 17.0 Å². The van der Waals surface area contributed by atoms with E-state index in [-0.39, 0.29) is 18.2 Å². The smallest absolute Gasteiger partial charge is 0.127 e. The van der Waals surface area contributed by atoms with Crippen molar-refractivity contribution < 1.29 is 8.91 Å². The molecule has 1 aromatic heterocycles. The van der Waals surface area contributed by atoms with E-state index in [1.807, 2.05) is 0 Å². The molecule has 0 N–H and O–H groups in total. The number of piperidine rings is 1. The molecule has 1 aliphatic heterocycles. The van der Waals surface area contributed by atoms with Crippen molar-refractivity contribution in [2.24, 2.45) is 5.92 Å². The Morgan fingerprint density at radius 2 is 1.91 bits per heavy atom. The molecule has 5 heteroatoms. The number of likely N-dealkylation sites (tertiary alicyclic amines) is 1. The van der Waals surface area contributed by atoms with Gasteiger partial charge in [0.15, 0.2) is 0 Å². The number of hydrogen-bond donors (Lipinski definition) is 0. The number of aromatic nitrogens is 1. The van der Waals surface area contributed by atoms with Gasteiger partial charge in [0.05, 0.1) is 0 Å². The Morgan fingerprint density at radius 1 is 1.23 bits per heavy atom. The Labute approximate surface area is 136 Å². The zero-order valence-electron chi connectivity index (χ0n) is 12.8. The molecule has 0 unspecified atom stereocenters. The summed E-state index contributed by atoms with van der Waals surface area (Å²) in [5, 5.41) is 4.08. The highest BCUT2D eigenvalue weighted by atomic mass is 35.5. The third-order valence-corrected chi connectivity index (χ3v) is 4.33. The molecule has 1 aliphatic rings. The molecule has 2 heterocycles. The fourth-order valence-electron chi connectivity index (χ4n) is 2.84. The predicted molar refractivity (Wildman–Crippen MR) is 87.7 cm³/mol. The van der Waals surface area contributed by atoms with Gasteiger partial charge in [-0.25, -0.2) is 4.39 Å². The minimum Gasteiger partial charge on any atom is -0.364 e. The van der Waals surface area contributed by atoms with Gasteiger partial charge in [-0.3, -0.25) is 0 Å². The second-order valence-corrected chi connectivity index (χ2v) is 5.97. The van der Waals surface area contributed by atoms with Crippen LogP contribution in [0.15, 0.2) is 35.1 Å². The van der Waals surface area contributed by atoms with Crippen LogP contribution in [0.1, 0.15) is 25.3 Å². The lowest BCUT2D eigenvalue weighted by molar-refractivity contribution is 0.194. The molecule has 1 aromatic carbocycles. The van der Waals surface area contributed by atoms with Gasteiger partial charge in [0.2, 0.25) is 0 Å². The van der Waals surface area contributed by atoms with Crippen LogP contribution in [0, 0.1) is 11.7 Å². The standard InChI is InChI=1S/C17H21FN2O.ClH/c1-13-6-9-20(10-7-13)11-8-15-12-21-19-17(15)14-2-4-16(18)5-3-14;/h2-5,12-13H,6-11H2,1H3;1H. The topological polar surface area (TPSA) is 29.3 Å². The maximum absolute atomic E-state index is 13.0. The highest BCUT2D eigenvalue weighted by Gasteiger charge is 2.17. The third kappa shape index (κ3) is 4.08. The molecule has 0 aliphatic carbocycles. The minimum absolute atomic E-state index is 0. The fraction of sp³-hybridized carbons (Fsp3) is 0.471. The van der Waals surface area contributed by atoms with E-state index in [0.29, 0.717) is 0 Å². The third-order valence-electron chi connectivity index (χ3n) is 4.33. The van der Waals surface area contributed by atoms with E-state index in [9.17, 15) is 4.39 Å². The van der Waals surface area contributed by atoms with Crippen molar-refractivity contribution in [3.8, 4) is 11.3 Å². The van der Waals surface area contributed by atoms with Gasteiger partial charge in [0.1, 0.15) is 17.8 Å². The van der Waals surface area contributed by atoms with Crippen LogP contribution in [0.3, 0.4) is 0 Å². The fourth-order valence-corrected chi connectivity index (χ4v) is 2.84. The first kappa shape index (κ1) is 17.0. The summed E-state index contributed by atoms with van der Waals surface area (Å²) in [4.78, 5) is 2.50. The Morgan fingerprint density at radius 3 is 2.59 bits per heavy atom. The summed E-state index contributed by atoms with van der Waals surface area (Å²) in [6.07, 6.45) is 5.21. The number of hydrogen-bond acceptors (Lipinski definition) is 3. The number of halogens is 2. The summed E-state index contributed by atoms with van der Waals surface area (Å²) in [6.45, 7) is 5.71. The van der Waals surface area contributed by atoms with Gasteiger partial charge >= 0.3 is 0 Å². The van der Waals surface area contributed by atoms with Crippen molar-refractivity contribution in [3.63, 3.8) is 0 Å². The first-order valence-corrected chi connectivity index (χ1v) is 7.64. The van der Waals surface area contributed by atoms with Crippen molar-refractivity contribution in [2.45, 2.75) is 26.2 Å². The second kappa shape index (κ2) is 7.75.